The van der Waals surface area contributed by atoms with Crippen LogP contribution in [0.15, 0.2) is 12.8 Å². The first-order chi connectivity index (χ1) is 5.08. The highest BCUT2D eigenvalue weighted by Gasteiger charge is 2.41. The first kappa shape index (κ1) is 10.3. The zero-order chi connectivity index (χ0) is 8.91. The molecule has 0 aromatic carbocycles. The molecule has 0 aliphatic carbocycles. The van der Waals surface area contributed by atoms with Crippen molar-refractivity contribution >= 4 is 0 Å². The third-order valence-electron chi connectivity index (χ3n) is 1.05. The van der Waals surface area contributed by atoms with Gasteiger partial charge in [-0.15, -0.1) is 0 Å². The second kappa shape index (κ2) is 4.20. The summed E-state index contributed by atoms with van der Waals surface area (Å²) >= 11 is 0. The van der Waals surface area contributed by atoms with Gasteiger partial charge in [-0.3, -0.25) is 0 Å². The Morgan fingerprint density at radius 3 is 2.27 bits per heavy atom. The Labute approximate surface area is 61.7 Å². The summed E-state index contributed by atoms with van der Waals surface area (Å²) < 4.78 is 51.7. The summed E-state index contributed by atoms with van der Waals surface area (Å²) in [6, 6.07) is 0. The Morgan fingerprint density at radius 2 is 2.00 bits per heavy atom. The maximum absolute atomic E-state index is 12.2. The summed E-state index contributed by atoms with van der Waals surface area (Å²) in [5, 5.41) is 0. The molecule has 0 rings (SSSR count). The largest absolute Gasteiger partial charge is 0.489 e. The molecule has 0 saturated carbocycles. The van der Waals surface area contributed by atoms with E-state index in [1.807, 2.05) is 0 Å². The fourth-order valence-corrected chi connectivity index (χ4v) is 0.451. The molecule has 5 heteroatoms. The van der Waals surface area contributed by atoms with Crippen LogP contribution in [0.25, 0.3) is 0 Å². The molecule has 0 aromatic rings. The minimum atomic E-state index is -3.77. The van der Waals surface area contributed by atoms with Gasteiger partial charge in [0.2, 0.25) is 0 Å². The number of rotatable bonds is 5. The Bertz CT molecular complexity index is 126. The van der Waals surface area contributed by atoms with Crippen LogP contribution in [0.3, 0.4) is 0 Å². The first-order valence-corrected chi connectivity index (χ1v) is 2.84. The molecule has 1 unspecified atom stereocenters. The predicted molar refractivity (Wildman–Crippen MR) is 32.0 cm³/mol. The van der Waals surface area contributed by atoms with E-state index in [1.54, 1.807) is 0 Å². The monoisotopic (exact) mass is 172 g/mol. The Hall–Kier alpha value is -0.740. The van der Waals surface area contributed by atoms with Crippen LogP contribution in [-0.2, 0) is 4.74 Å². The topological polar surface area (TPSA) is 9.23 Å². The maximum atomic E-state index is 12.2. The molecule has 66 valence electrons. The van der Waals surface area contributed by atoms with Crippen molar-refractivity contribution in [2.45, 2.75) is 12.0 Å². The SMILES string of the molecule is C=COC(CF)C(F)(F)CF. The Kier molecular flexibility index (Phi) is 3.92. The molecule has 0 amide bonds. The second-order valence-electron chi connectivity index (χ2n) is 1.84. The van der Waals surface area contributed by atoms with E-state index in [0.29, 0.717) is 6.26 Å². The van der Waals surface area contributed by atoms with Crippen LogP contribution in [0.4, 0.5) is 17.6 Å². The molecule has 0 N–H and O–H groups in total. The smallest absolute Gasteiger partial charge is 0.314 e. The fourth-order valence-electron chi connectivity index (χ4n) is 0.451. The Morgan fingerprint density at radius 1 is 1.45 bits per heavy atom. The molecule has 0 aromatic heterocycles. The highest BCUT2D eigenvalue weighted by atomic mass is 19.3. The van der Waals surface area contributed by atoms with E-state index in [1.165, 1.54) is 0 Å². The van der Waals surface area contributed by atoms with Crippen LogP contribution in [0.5, 0.6) is 0 Å². The van der Waals surface area contributed by atoms with Gasteiger partial charge in [-0.05, 0) is 0 Å². The van der Waals surface area contributed by atoms with E-state index >= 15 is 0 Å². The van der Waals surface area contributed by atoms with Crippen molar-refractivity contribution in [1.82, 2.24) is 0 Å². The number of ether oxygens (including phenoxy) is 1. The molecule has 0 saturated heterocycles. The number of hydrogen-bond acceptors (Lipinski definition) is 1. The quantitative estimate of drug-likeness (QED) is 0.455. The van der Waals surface area contributed by atoms with Crippen molar-refractivity contribution in [3.05, 3.63) is 12.8 Å². The normalized spacial score (nSPS) is 14.2. The summed E-state index contributed by atoms with van der Waals surface area (Å²) in [7, 11) is 0. The summed E-state index contributed by atoms with van der Waals surface area (Å²) in [4.78, 5) is 0. The molecule has 1 nitrogen and oxygen atoms in total. The van der Waals surface area contributed by atoms with Gasteiger partial charge in [-0.1, -0.05) is 6.58 Å². The molecule has 0 fully saturated rings. The average molecular weight is 172 g/mol. The van der Waals surface area contributed by atoms with E-state index < -0.39 is 25.4 Å². The lowest BCUT2D eigenvalue weighted by Crippen LogP contribution is -2.38. The molecule has 0 radical (unpaired) electrons. The summed E-state index contributed by atoms with van der Waals surface area (Å²) in [6.45, 7) is -0.425. The van der Waals surface area contributed by atoms with Crippen molar-refractivity contribution in [1.29, 1.82) is 0 Å². The van der Waals surface area contributed by atoms with Crippen LogP contribution in [-0.4, -0.2) is 25.4 Å². The van der Waals surface area contributed by atoms with Gasteiger partial charge in [-0.25, -0.2) is 8.78 Å². The third kappa shape index (κ3) is 2.78. The molecule has 0 heterocycles. The molecule has 0 spiro atoms. The molecule has 0 aliphatic heterocycles. The summed E-state index contributed by atoms with van der Waals surface area (Å²) in [5.74, 6) is -3.77. The second-order valence-corrected chi connectivity index (χ2v) is 1.84. The molecule has 0 aliphatic rings. The van der Waals surface area contributed by atoms with Crippen molar-refractivity contribution in [2.75, 3.05) is 13.3 Å². The van der Waals surface area contributed by atoms with E-state index in [9.17, 15) is 17.6 Å². The number of halogens is 4. The van der Waals surface area contributed by atoms with E-state index in [2.05, 4.69) is 11.3 Å². The van der Waals surface area contributed by atoms with Crippen LogP contribution >= 0.6 is 0 Å². The number of alkyl halides is 4. The van der Waals surface area contributed by atoms with Gasteiger partial charge in [0, 0.05) is 0 Å². The fraction of sp³-hybridized carbons (Fsp3) is 0.667. The first-order valence-electron chi connectivity index (χ1n) is 2.84. The molecular weight excluding hydrogens is 164 g/mol. The van der Waals surface area contributed by atoms with E-state index in [0.717, 1.165) is 0 Å². The van der Waals surface area contributed by atoms with E-state index in [4.69, 9.17) is 0 Å². The minimum absolute atomic E-state index is 0.661. The molecule has 11 heavy (non-hydrogen) atoms. The Balaban J connectivity index is 4.10. The highest BCUT2D eigenvalue weighted by Crippen LogP contribution is 2.22. The van der Waals surface area contributed by atoms with Crippen molar-refractivity contribution in [3.63, 3.8) is 0 Å². The zero-order valence-electron chi connectivity index (χ0n) is 5.70. The van der Waals surface area contributed by atoms with Gasteiger partial charge in [0.25, 0.3) is 0 Å². The van der Waals surface area contributed by atoms with Gasteiger partial charge in [0.05, 0.1) is 6.26 Å². The van der Waals surface area contributed by atoms with Gasteiger partial charge >= 0.3 is 5.92 Å². The summed E-state index contributed by atoms with van der Waals surface area (Å²) in [6.07, 6.45) is -1.40. The molecule has 0 bridgehead atoms. The van der Waals surface area contributed by atoms with Crippen molar-refractivity contribution in [3.8, 4) is 0 Å². The van der Waals surface area contributed by atoms with Gasteiger partial charge in [-0.2, -0.15) is 8.78 Å². The predicted octanol–water partition coefficient (Wildman–Crippen LogP) is 2.09. The lowest BCUT2D eigenvalue weighted by atomic mass is 10.2. The van der Waals surface area contributed by atoms with Crippen molar-refractivity contribution in [2.24, 2.45) is 0 Å². The highest BCUT2D eigenvalue weighted by molar-refractivity contribution is 4.78. The van der Waals surface area contributed by atoms with Crippen LogP contribution in [0.1, 0.15) is 0 Å². The van der Waals surface area contributed by atoms with Gasteiger partial charge < -0.3 is 4.74 Å². The number of hydrogen-bond donors (Lipinski definition) is 0. The van der Waals surface area contributed by atoms with E-state index in [-0.39, 0.29) is 0 Å². The minimum Gasteiger partial charge on any atom is -0.489 e. The van der Waals surface area contributed by atoms with Crippen molar-refractivity contribution < 1.29 is 22.3 Å². The zero-order valence-corrected chi connectivity index (χ0v) is 5.70. The average Bonchev–Trinajstić information content (AvgIpc) is 2.00. The molecular formula is C6H8F4O. The lowest BCUT2D eigenvalue weighted by Gasteiger charge is -2.20. The van der Waals surface area contributed by atoms with Gasteiger partial charge in [0.1, 0.15) is 6.67 Å². The standard InChI is InChI=1S/C6H8F4O/c1-2-11-5(3-7)6(9,10)4-8/h2,5H,1,3-4H2. The summed E-state index contributed by atoms with van der Waals surface area (Å²) in [5.41, 5.74) is 0. The van der Waals surface area contributed by atoms with Crippen LogP contribution in [0, 0.1) is 0 Å². The molecule has 1 atom stereocenters. The maximum Gasteiger partial charge on any atom is 0.314 e. The lowest BCUT2D eigenvalue weighted by molar-refractivity contribution is -0.130. The van der Waals surface area contributed by atoms with Gasteiger partial charge in [0.15, 0.2) is 12.8 Å². The third-order valence-corrected chi connectivity index (χ3v) is 1.05. The van der Waals surface area contributed by atoms with Crippen LogP contribution in [0.2, 0.25) is 0 Å². The van der Waals surface area contributed by atoms with Crippen LogP contribution < -0.4 is 0 Å².